The van der Waals surface area contributed by atoms with Crippen molar-refractivity contribution in [3.05, 3.63) is 46.5 Å². The van der Waals surface area contributed by atoms with Gasteiger partial charge in [-0.2, -0.15) is 0 Å². The van der Waals surface area contributed by atoms with Crippen LogP contribution in [-0.2, 0) is 35.0 Å². The molecule has 260 valence electrons. The minimum atomic E-state index is -1.78. The number of methoxy groups -OCH3 is 2. The molecule has 0 saturated carbocycles. The molecule has 4 bridgehead atoms. The molecule has 1 aromatic rings. The number of fused-ring (bicyclic) bond motifs is 5. The highest BCUT2D eigenvalue weighted by atomic mass is 35.5. The summed E-state index contributed by atoms with van der Waals surface area (Å²) in [5.41, 5.74) is -1.37. The fraction of sp³-hybridized carbons (Fsp3) is 0.629. The van der Waals surface area contributed by atoms with Crippen molar-refractivity contribution in [2.24, 2.45) is 11.3 Å². The van der Waals surface area contributed by atoms with Crippen LogP contribution in [0.3, 0.4) is 0 Å². The molecule has 0 unspecified atom stereocenters. The lowest BCUT2D eigenvalue weighted by atomic mass is 9.83. The number of amides is 2. The number of epoxide rings is 1. The lowest BCUT2D eigenvalue weighted by Gasteiger charge is -2.42. The van der Waals surface area contributed by atoms with E-state index >= 15 is 0 Å². The number of rotatable bonds is 6. The van der Waals surface area contributed by atoms with Crippen LogP contribution in [0.5, 0.6) is 5.75 Å². The van der Waals surface area contributed by atoms with Gasteiger partial charge in [-0.3, -0.25) is 14.9 Å². The predicted octanol–water partition coefficient (Wildman–Crippen LogP) is 5.49. The Kier molecular flexibility index (Phi) is 11.1. The van der Waals surface area contributed by atoms with Crippen molar-refractivity contribution in [2.75, 3.05) is 26.2 Å². The maximum absolute atomic E-state index is 14.0. The van der Waals surface area contributed by atoms with Gasteiger partial charge < -0.3 is 33.7 Å². The molecule has 7 atom stereocenters. The number of anilines is 1. The van der Waals surface area contributed by atoms with E-state index in [9.17, 15) is 19.5 Å². The number of esters is 1. The zero-order chi connectivity index (χ0) is 34.9. The zero-order valence-electron chi connectivity index (χ0n) is 28.8. The number of hydrogen-bond acceptors (Lipinski definition) is 9. The van der Waals surface area contributed by atoms with Crippen molar-refractivity contribution in [2.45, 2.75) is 109 Å². The molecule has 2 N–H and O–H groups in total. The van der Waals surface area contributed by atoms with E-state index in [0.29, 0.717) is 30.7 Å². The Balaban J connectivity index is 1.81. The summed E-state index contributed by atoms with van der Waals surface area (Å²) < 4.78 is 29.3. The average molecular weight is 677 g/mol. The molecular formula is C35H49ClN2O9. The predicted molar refractivity (Wildman–Crippen MR) is 177 cm³/mol. The molecule has 4 rings (SSSR count). The maximum atomic E-state index is 14.0. The Morgan fingerprint density at radius 2 is 1.91 bits per heavy atom. The summed E-state index contributed by atoms with van der Waals surface area (Å²) in [4.78, 5) is 41.8. The summed E-state index contributed by atoms with van der Waals surface area (Å²) in [5, 5.41) is 14.5. The van der Waals surface area contributed by atoms with E-state index in [1.165, 1.54) is 19.1 Å². The van der Waals surface area contributed by atoms with Crippen LogP contribution < -0.4 is 15.0 Å². The lowest BCUT2D eigenvalue weighted by molar-refractivity contribution is -0.165. The largest absolute Gasteiger partial charge is 0.495 e. The smallest absolute Gasteiger partial charge is 0.409 e. The number of nitrogens with one attached hydrogen (secondary N) is 1. The summed E-state index contributed by atoms with van der Waals surface area (Å²) in [6.45, 7) is 11.3. The van der Waals surface area contributed by atoms with E-state index in [1.807, 2.05) is 52.8 Å². The SMILES string of the molecule is CCC(C)(CC)C(=O)O[C@H]1CC(=O)N(C)c2cc(cc(OC)c2Cl)C/C(C)=C/C=C/[C@@H](OC)[C@@]2(O)C[C@H](OC(=O)N2)[C@@H](C)[C@@H]2O[C@@]12C. The first-order valence-corrected chi connectivity index (χ1v) is 16.5. The summed E-state index contributed by atoms with van der Waals surface area (Å²) in [5.74, 6) is -0.809. The van der Waals surface area contributed by atoms with Gasteiger partial charge in [-0.1, -0.05) is 56.2 Å². The van der Waals surface area contributed by atoms with Gasteiger partial charge in [0.25, 0.3) is 0 Å². The van der Waals surface area contributed by atoms with Crippen molar-refractivity contribution < 1.29 is 43.2 Å². The van der Waals surface area contributed by atoms with Crippen LogP contribution in [0.4, 0.5) is 10.5 Å². The highest BCUT2D eigenvalue weighted by Crippen LogP contribution is 2.49. The number of nitrogens with zero attached hydrogens (tertiary/aromatic N) is 1. The molecule has 11 nitrogen and oxygen atoms in total. The van der Waals surface area contributed by atoms with Gasteiger partial charge in [0.05, 0.1) is 30.7 Å². The van der Waals surface area contributed by atoms with Gasteiger partial charge in [0, 0.05) is 26.5 Å². The number of carbonyl (C=O) groups excluding carboxylic acids is 3. The second-order valence-electron chi connectivity index (χ2n) is 13.5. The van der Waals surface area contributed by atoms with Crippen LogP contribution in [0, 0.1) is 11.3 Å². The van der Waals surface area contributed by atoms with Crippen LogP contribution in [0.25, 0.3) is 0 Å². The molecule has 0 aromatic heterocycles. The van der Waals surface area contributed by atoms with Gasteiger partial charge in [0.2, 0.25) is 5.91 Å². The van der Waals surface area contributed by atoms with E-state index in [4.69, 9.17) is 35.3 Å². The zero-order valence-corrected chi connectivity index (χ0v) is 29.6. The Morgan fingerprint density at radius 1 is 1.23 bits per heavy atom. The lowest BCUT2D eigenvalue weighted by Crippen LogP contribution is -2.63. The summed E-state index contributed by atoms with van der Waals surface area (Å²) in [7, 11) is 4.59. The van der Waals surface area contributed by atoms with Gasteiger partial charge in [-0.25, -0.2) is 4.79 Å². The first-order valence-electron chi connectivity index (χ1n) is 16.2. The first-order chi connectivity index (χ1) is 22.0. The number of ether oxygens (including phenoxy) is 5. The number of carbonyl (C=O) groups is 3. The van der Waals surface area contributed by atoms with E-state index in [-0.39, 0.29) is 23.8 Å². The number of benzene rings is 1. The number of allylic oxidation sites excluding steroid dienone is 3. The van der Waals surface area contributed by atoms with Crippen molar-refractivity contribution >= 4 is 35.3 Å². The third-order valence-electron chi connectivity index (χ3n) is 10.3. The first kappa shape index (κ1) is 36.7. The highest BCUT2D eigenvalue weighted by molar-refractivity contribution is 6.35. The standard InChI is InChI=1S/C35H49ClN2O9/c1-10-33(5,11-2)31(40)46-27-18-28(39)38(7)23-16-22(17-24(43-8)29(23)36)15-20(3)13-12-14-26(44-9)35(42)19-25(45-32(41)37-35)21(4)30-34(27,6)47-30/h12-14,16-17,21,25-27,30,42H,10-11,15,18-19H2,1-9H3,(H,37,41)/b14-12+,20-13+/t21-,25+,26-,27+,30+,34+,35+/m1/s1. The van der Waals surface area contributed by atoms with Gasteiger partial charge in [0.1, 0.15) is 34.7 Å². The molecule has 0 radical (unpaired) electrons. The fourth-order valence-corrected chi connectivity index (χ4v) is 6.73. The molecule has 12 heteroatoms. The summed E-state index contributed by atoms with van der Waals surface area (Å²) in [6.07, 6.45) is 2.72. The highest BCUT2D eigenvalue weighted by Gasteiger charge is 2.64. The molecule has 2 amide bonds. The Bertz CT molecular complexity index is 1430. The quantitative estimate of drug-likeness (QED) is 0.296. The molecule has 47 heavy (non-hydrogen) atoms. The molecule has 2 fully saturated rings. The van der Waals surface area contributed by atoms with Crippen LogP contribution in [-0.4, -0.2) is 80.1 Å². The molecule has 0 spiro atoms. The van der Waals surface area contributed by atoms with Gasteiger partial charge >= 0.3 is 12.1 Å². The minimum absolute atomic E-state index is 0.00137. The Morgan fingerprint density at radius 3 is 2.53 bits per heavy atom. The number of aliphatic hydroxyl groups is 1. The van der Waals surface area contributed by atoms with E-state index in [1.54, 1.807) is 26.1 Å². The van der Waals surface area contributed by atoms with Gasteiger partial charge in [-0.15, -0.1) is 0 Å². The Hall–Kier alpha value is -3.12. The normalized spacial score (nSPS) is 33.5. The monoisotopic (exact) mass is 676 g/mol. The second kappa shape index (κ2) is 14.2. The number of alkyl carbamates (subject to hydrolysis) is 1. The molecule has 3 aliphatic heterocycles. The van der Waals surface area contributed by atoms with Gasteiger partial charge in [0.15, 0.2) is 5.72 Å². The molecule has 3 heterocycles. The molecule has 0 aliphatic carbocycles. The third-order valence-corrected chi connectivity index (χ3v) is 10.6. The summed E-state index contributed by atoms with van der Waals surface area (Å²) in [6, 6.07) is 3.65. The molecule has 3 aliphatic rings. The second-order valence-corrected chi connectivity index (χ2v) is 13.8. The van der Waals surface area contributed by atoms with Crippen LogP contribution in [0.1, 0.15) is 72.8 Å². The van der Waals surface area contributed by atoms with E-state index in [0.717, 1.165) is 11.1 Å². The minimum Gasteiger partial charge on any atom is -0.495 e. The van der Waals surface area contributed by atoms with Crippen molar-refractivity contribution in [1.82, 2.24) is 5.32 Å². The average Bonchev–Trinajstić information content (AvgIpc) is 3.73. The van der Waals surface area contributed by atoms with Crippen molar-refractivity contribution in [3.8, 4) is 5.75 Å². The van der Waals surface area contributed by atoms with Crippen LogP contribution in [0.15, 0.2) is 35.9 Å². The number of halogens is 1. The molecule has 1 aromatic carbocycles. The molecule has 2 saturated heterocycles. The van der Waals surface area contributed by atoms with Crippen molar-refractivity contribution in [3.63, 3.8) is 0 Å². The van der Waals surface area contributed by atoms with Crippen LogP contribution in [0.2, 0.25) is 5.02 Å². The summed E-state index contributed by atoms with van der Waals surface area (Å²) >= 11 is 6.74. The number of hydrogen-bond donors (Lipinski definition) is 2. The maximum Gasteiger partial charge on any atom is 0.409 e. The van der Waals surface area contributed by atoms with Gasteiger partial charge in [-0.05, 0) is 57.7 Å². The topological polar surface area (TPSA) is 136 Å². The van der Waals surface area contributed by atoms with Crippen LogP contribution >= 0.6 is 11.6 Å². The van der Waals surface area contributed by atoms with E-state index in [2.05, 4.69) is 5.32 Å². The fourth-order valence-electron chi connectivity index (χ4n) is 6.42. The van der Waals surface area contributed by atoms with Crippen molar-refractivity contribution in [1.29, 1.82) is 0 Å². The van der Waals surface area contributed by atoms with E-state index < -0.39 is 59.1 Å². The third kappa shape index (κ3) is 7.48. The molecular weight excluding hydrogens is 628 g/mol. The Labute approximate surface area is 282 Å².